The van der Waals surface area contributed by atoms with Gasteiger partial charge in [-0.15, -0.1) is 0 Å². The van der Waals surface area contributed by atoms with Gasteiger partial charge in [0.2, 0.25) is 5.52 Å². The number of carbonyl (C=O) groups excluding carboxylic acids is 1. The van der Waals surface area contributed by atoms with E-state index >= 15 is 0 Å². The van der Waals surface area contributed by atoms with Gasteiger partial charge >= 0.3 is 0 Å². The summed E-state index contributed by atoms with van der Waals surface area (Å²) in [5, 5.41) is 13.9. The fraction of sp³-hybridized carbons (Fsp3) is 0.545. The van der Waals surface area contributed by atoms with Gasteiger partial charge in [0.15, 0.2) is 17.5 Å². The summed E-state index contributed by atoms with van der Waals surface area (Å²) in [5.74, 6) is 0.515. The number of fused-ring (bicyclic) bond motifs is 4. The van der Waals surface area contributed by atoms with Crippen LogP contribution in [0.2, 0.25) is 0 Å². The van der Waals surface area contributed by atoms with E-state index in [0.717, 1.165) is 75.2 Å². The van der Waals surface area contributed by atoms with Crippen LogP contribution in [0.15, 0.2) is 30.5 Å². The summed E-state index contributed by atoms with van der Waals surface area (Å²) in [7, 11) is 0. The van der Waals surface area contributed by atoms with E-state index in [0.29, 0.717) is 5.78 Å². The average molecular weight is 478 g/mol. The molecule has 1 aliphatic heterocycles. The number of pyridine rings is 1. The number of hydrogen-bond acceptors (Lipinski definition) is 2. The Kier molecular flexibility index (Phi) is 4.35. The lowest BCUT2D eigenvalue weighted by atomic mass is 9.61. The second-order valence-electron chi connectivity index (χ2n) is 12.7. The molecule has 4 aliphatic rings. The van der Waals surface area contributed by atoms with Crippen molar-refractivity contribution in [3.05, 3.63) is 52.7 Å². The molecule has 2 fully saturated rings. The fourth-order valence-electron chi connectivity index (χ4n) is 9.43. The Labute approximate surface area is 214 Å². The van der Waals surface area contributed by atoms with Gasteiger partial charge in [-0.2, -0.15) is 9.83 Å². The molecule has 3 heteroatoms. The molecule has 0 amide bonds. The van der Waals surface area contributed by atoms with E-state index < -0.39 is 0 Å². The van der Waals surface area contributed by atoms with Crippen LogP contribution < -0.4 is 4.57 Å². The number of rotatable bonds is 2. The summed E-state index contributed by atoms with van der Waals surface area (Å²) < 4.78 is 2.60. The standard InChI is InChI=1S/C33H37N2O/c1-5-30(3)24-13-11-12-22-21(19-34)18-23-27-25(20-35(28(23)26(22)24)31(30,4)6-2)32(14-7-8-15-32)29(36)33(27)16-9-10-17-33/h11-13,18,20H,5-10,14-17H2,1-4H3/q+1. The number of nitriles is 1. The molecule has 0 radical (unpaired) electrons. The first kappa shape index (κ1) is 22.5. The second kappa shape index (κ2) is 6.97. The lowest BCUT2D eigenvalue weighted by Gasteiger charge is -2.45. The third kappa shape index (κ3) is 2.19. The Morgan fingerprint density at radius 3 is 2.19 bits per heavy atom. The van der Waals surface area contributed by atoms with E-state index in [1.807, 2.05) is 0 Å². The van der Waals surface area contributed by atoms with Gasteiger partial charge in [-0.1, -0.05) is 57.7 Å². The third-order valence-electron chi connectivity index (χ3n) is 11.8. The van der Waals surface area contributed by atoms with Crippen LogP contribution in [0.4, 0.5) is 0 Å². The smallest absolute Gasteiger partial charge is 0.221 e. The number of ketones is 1. The zero-order valence-electron chi connectivity index (χ0n) is 22.3. The predicted octanol–water partition coefficient (Wildman–Crippen LogP) is 7.16. The first-order chi connectivity index (χ1) is 17.3. The molecule has 2 aromatic carbocycles. The Balaban J connectivity index is 1.77. The van der Waals surface area contributed by atoms with Crippen molar-refractivity contribution < 1.29 is 9.36 Å². The highest BCUT2D eigenvalue weighted by Crippen LogP contribution is 2.62. The lowest BCUT2D eigenvalue weighted by molar-refractivity contribution is -0.751. The normalized spacial score (nSPS) is 29.1. The maximum absolute atomic E-state index is 14.6. The minimum atomic E-state index is -0.359. The molecule has 2 unspecified atom stereocenters. The molecule has 36 heavy (non-hydrogen) atoms. The number of hydrogen-bond donors (Lipinski definition) is 0. The van der Waals surface area contributed by atoms with Crippen molar-refractivity contribution in [3.63, 3.8) is 0 Å². The van der Waals surface area contributed by atoms with Gasteiger partial charge in [-0.05, 0) is 56.2 Å². The van der Waals surface area contributed by atoms with E-state index in [2.05, 4.69) is 68.8 Å². The maximum Gasteiger partial charge on any atom is 0.221 e. The number of carbonyl (C=O) groups is 1. The SMILES string of the molecule is CCC1(C)c2cccc3c(C#N)cc4c5c(c[n+](c4c23)C1(C)CC)C1(CCCC1)C(=O)C51CCCC1. The highest BCUT2D eigenvalue weighted by Gasteiger charge is 2.65. The third-order valence-corrected chi connectivity index (χ3v) is 11.8. The molecule has 2 saturated carbocycles. The quantitative estimate of drug-likeness (QED) is 0.290. The molecule has 0 N–H and O–H groups in total. The van der Waals surface area contributed by atoms with Crippen LogP contribution in [0.3, 0.4) is 0 Å². The zero-order chi connectivity index (χ0) is 25.1. The van der Waals surface area contributed by atoms with Crippen molar-refractivity contribution in [2.24, 2.45) is 0 Å². The van der Waals surface area contributed by atoms with Gasteiger partial charge in [0.05, 0.1) is 38.7 Å². The van der Waals surface area contributed by atoms with Crippen molar-refractivity contribution >= 4 is 27.5 Å². The van der Waals surface area contributed by atoms with E-state index in [1.165, 1.54) is 33.0 Å². The van der Waals surface area contributed by atoms with Crippen LogP contribution in [0.25, 0.3) is 21.7 Å². The molecule has 0 bridgehead atoms. The molecule has 1 aromatic heterocycles. The van der Waals surface area contributed by atoms with Crippen LogP contribution in [0.5, 0.6) is 0 Å². The zero-order valence-corrected chi connectivity index (χ0v) is 22.3. The molecule has 3 aliphatic carbocycles. The largest absolute Gasteiger partial charge is 0.298 e. The Morgan fingerprint density at radius 2 is 1.58 bits per heavy atom. The number of aromatic nitrogens is 1. The molecule has 2 heterocycles. The topological polar surface area (TPSA) is 44.7 Å². The van der Waals surface area contributed by atoms with Gasteiger partial charge in [-0.3, -0.25) is 4.79 Å². The van der Waals surface area contributed by atoms with Crippen molar-refractivity contribution in [1.29, 1.82) is 5.26 Å². The van der Waals surface area contributed by atoms with Gasteiger partial charge in [-0.25, -0.2) is 0 Å². The lowest BCUT2D eigenvalue weighted by Crippen LogP contribution is -2.66. The highest BCUT2D eigenvalue weighted by molar-refractivity contribution is 6.14. The molecule has 2 atom stereocenters. The summed E-state index contributed by atoms with van der Waals surface area (Å²) >= 11 is 0. The molecular weight excluding hydrogens is 440 g/mol. The van der Waals surface area contributed by atoms with E-state index in [-0.39, 0.29) is 21.8 Å². The minimum absolute atomic E-state index is 0.0787. The Bertz CT molecular complexity index is 1530. The molecule has 7 rings (SSSR count). The van der Waals surface area contributed by atoms with Gasteiger partial charge in [0.25, 0.3) is 0 Å². The van der Waals surface area contributed by atoms with E-state index in [1.54, 1.807) is 0 Å². The van der Waals surface area contributed by atoms with Crippen LogP contribution in [0, 0.1) is 11.3 Å². The van der Waals surface area contributed by atoms with Crippen molar-refractivity contribution in [3.8, 4) is 6.07 Å². The number of nitrogens with zero attached hydrogens (tertiary/aromatic N) is 2. The summed E-state index contributed by atoms with van der Waals surface area (Å²) in [5.41, 5.74) is 5.13. The van der Waals surface area contributed by atoms with E-state index in [4.69, 9.17) is 0 Å². The number of benzene rings is 2. The van der Waals surface area contributed by atoms with Crippen LogP contribution in [0.1, 0.15) is 114 Å². The Hall–Kier alpha value is -2.73. The molecule has 0 saturated heterocycles. The molecule has 3 nitrogen and oxygen atoms in total. The first-order valence-corrected chi connectivity index (χ1v) is 14.3. The molecular formula is C33H37N2O+. The number of Topliss-reactive ketones (excluding diaryl/α,β-unsaturated/α-hetero) is 1. The van der Waals surface area contributed by atoms with Crippen LogP contribution in [-0.4, -0.2) is 5.78 Å². The summed E-state index contributed by atoms with van der Waals surface area (Å²) in [6.45, 7) is 9.50. The van der Waals surface area contributed by atoms with Crippen LogP contribution >= 0.6 is 0 Å². The summed E-state index contributed by atoms with van der Waals surface area (Å²) in [4.78, 5) is 14.6. The van der Waals surface area contributed by atoms with Gasteiger partial charge in [0, 0.05) is 24.3 Å². The first-order valence-electron chi connectivity index (χ1n) is 14.3. The van der Waals surface area contributed by atoms with Crippen LogP contribution in [-0.2, 0) is 26.6 Å². The predicted molar refractivity (Wildman–Crippen MR) is 143 cm³/mol. The van der Waals surface area contributed by atoms with Crippen molar-refractivity contribution in [2.45, 2.75) is 114 Å². The summed E-state index contributed by atoms with van der Waals surface area (Å²) in [6, 6.07) is 11.3. The monoisotopic (exact) mass is 477 g/mol. The molecule has 184 valence electrons. The van der Waals surface area contributed by atoms with Crippen molar-refractivity contribution in [2.75, 3.05) is 0 Å². The van der Waals surface area contributed by atoms with Gasteiger partial charge in [0.1, 0.15) is 0 Å². The Morgan fingerprint density at radius 1 is 0.917 bits per heavy atom. The average Bonchev–Trinajstić information content (AvgIpc) is 3.64. The van der Waals surface area contributed by atoms with Gasteiger partial charge < -0.3 is 0 Å². The molecule has 2 spiro atoms. The summed E-state index contributed by atoms with van der Waals surface area (Å²) in [6.07, 6.45) is 13.0. The maximum atomic E-state index is 14.6. The van der Waals surface area contributed by atoms with E-state index in [9.17, 15) is 10.1 Å². The highest BCUT2D eigenvalue weighted by atomic mass is 16.1. The fourth-order valence-corrected chi connectivity index (χ4v) is 9.43. The second-order valence-corrected chi connectivity index (χ2v) is 12.7. The molecule has 3 aromatic rings. The minimum Gasteiger partial charge on any atom is -0.298 e. The van der Waals surface area contributed by atoms with Crippen molar-refractivity contribution in [1.82, 2.24) is 0 Å².